The second kappa shape index (κ2) is 6.17. The predicted molar refractivity (Wildman–Crippen MR) is 75.8 cm³/mol. The molecule has 0 saturated heterocycles. The molecule has 0 heterocycles. The molecule has 0 amide bonds. The van der Waals surface area contributed by atoms with Crippen molar-refractivity contribution in [2.24, 2.45) is 0 Å². The van der Waals surface area contributed by atoms with Gasteiger partial charge in [0.1, 0.15) is 11.6 Å². The van der Waals surface area contributed by atoms with E-state index >= 15 is 0 Å². The van der Waals surface area contributed by atoms with Gasteiger partial charge in [0.05, 0.1) is 13.2 Å². The van der Waals surface area contributed by atoms with E-state index in [2.05, 4.69) is 15.9 Å². The van der Waals surface area contributed by atoms with Gasteiger partial charge in [-0.3, -0.25) is 0 Å². The Bertz CT molecular complexity index is 572. The summed E-state index contributed by atoms with van der Waals surface area (Å²) >= 11 is 3.26. The molecular weight excluding hydrogens is 311 g/mol. The monoisotopic (exact) mass is 324 g/mol. The van der Waals surface area contributed by atoms with Gasteiger partial charge in [-0.1, -0.05) is 34.1 Å². The molecule has 2 aromatic rings. The Labute approximate surface area is 120 Å². The molecule has 4 heteroatoms. The van der Waals surface area contributed by atoms with E-state index in [1.165, 1.54) is 12.1 Å². The summed E-state index contributed by atoms with van der Waals surface area (Å²) in [5.74, 6) is 0.423. The first-order valence-electron chi connectivity index (χ1n) is 5.86. The normalized spacial score (nSPS) is 12.2. The Balaban J connectivity index is 2.17. The van der Waals surface area contributed by atoms with Crippen LogP contribution in [0.4, 0.5) is 4.39 Å². The van der Waals surface area contributed by atoms with Crippen LogP contribution in [0.5, 0.6) is 5.75 Å². The van der Waals surface area contributed by atoms with E-state index in [1.54, 1.807) is 13.2 Å². The summed E-state index contributed by atoms with van der Waals surface area (Å²) in [7, 11) is 1.60. The lowest BCUT2D eigenvalue weighted by atomic mass is 10.0. The maximum absolute atomic E-state index is 13.0. The third-order valence-corrected chi connectivity index (χ3v) is 3.57. The molecule has 0 spiro atoms. The number of aliphatic hydroxyl groups excluding tert-OH is 1. The van der Waals surface area contributed by atoms with Gasteiger partial charge in [0.2, 0.25) is 0 Å². The van der Waals surface area contributed by atoms with Gasteiger partial charge in [-0.2, -0.15) is 0 Å². The molecule has 0 aliphatic heterocycles. The quantitative estimate of drug-likeness (QED) is 0.925. The summed E-state index contributed by atoms with van der Waals surface area (Å²) in [4.78, 5) is 0. The van der Waals surface area contributed by atoms with E-state index in [0.717, 1.165) is 11.3 Å². The number of hydrogen-bond donors (Lipinski definition) is 1. The molecule has 0 aliphatic carbocycles. The Morgan fingerprint density at radius 1 is 1.26 bits per heavy atom. The third kappa shape index (κ3) is 3.55. The topological polar surface area (TPSA) is 29.5 Å². The smallest absolute Gasteiger partial charge is 0.124 e. The molecule has 1 unspecified atom stereocenters. The van der Waals surface area contributed by atoms with E-state index in [0.29, 0.717) is 16.5 Å². The van der Waals surface area contributed by atoms with Gasteiger partial charge in [-0.25, -0.2) is 4.39 Å². The summed E-state index contributed by atoms with van der Waals surface area (Å²) in [6.07, 6.45) is -0.247. The van der Waals surface area contributed by atoms with E-state index in [-0.39, 0.29) is 5.82 Å². The van der Waals surface area contributed by atoms with Crippen LogP contribution in [0.2, 0.25) is 0 Å². The highest BCUT2D eigenvalue weighted by Crippen LogP contribution is 2.27. The molecule has 2 rings (SSSR count). The fourth-order valence-electron chi connectivity index (χ4n) is 1.90. The highest BCUT2D eigenvalue weighted by Gasteiger charge is 2.13. The van der Waals surface area contributed by atoms with Crippen molar-refractivity contribution in [2.45, 2.75) is 12.5 Å². The van der Waals surface area contributed by atoms with Crippen LogP contribution in [-0.4, -0.2) is 12.2 Å². The average Bonchev–Trinajstić information content (AvgIpc) is 2.38. The van der Waals surface area contributed by atoms with Crippen LogP contribution in [0.1, 0.15) is 17.2 Å². The number of methoxy groups -OCH3 is 1. The lowest BCUT2D eigenvalue weighted by Crippen LogP contribution is -2.03. The lowest BCUT2D eigenvalue weighted by Gasteiger charge is -2.13. The number of hydrogen-bond acceptors (Lipinski definition) is 2. The summed E-state index contributed by atoms with van der Waals surface area (Å²) in [5.41, 5.74) is 1.63. The number of ether oxygens (including phenoxy) is 1. The number of halogens is 2. The van der Waals surface area contributed by atoms with Crippen LogP contribution in [-0.2, 0) is 6.42 Å². The SMILES string of the molecule is COc1cccc(CC(O)c2ccc(F)cc2Br)c1. The first-order chi connectivity index (χ1) is 9.10. The van der Waals surface area contributed by atoms with Crippen molar-refractivity contribution in [1.82, 2.24) is 0 Å². The number of aliphatic hydroxyl groups is 1. The summed E-state index contributed by atoms with van der Waals surface area (Å²) in [6, 6.07) is 11.8. The third-order valence-electron chi connectivity index (χ3n) is 2.88. The van der Waals surface area contributed by atoms with Gasteiger partial charge in [-0.15, -0.1) is 0 Å². The lowest BCUT2D eigenvalue weighted by molar-refractivity contribution is 0.177. The van der Waals surface area contributed by atoms with E-state index in [4.69, 9.17) is 4.74 Å². The van der Waals surface area contributed by atoms with E-state index in [1.807, 2.05) is 24.3 Å². The molecule has 0 aliphatic rings. The molecule has 1 N–H and O–H groups in total. The van der Waals surface area contributed by atoms with Crippen LogP contribution in [0.3, 0.4) is 0 Å². The Morgan fingerprint density at radius 3 is 2.74 bits per heavy atom. The molecule has 100 valence electrons. The zero-order valence-electron chi connectivity index (χ0n) is 10.4. The van der Waals surface area contributed by atoms with E-state index < -0.39 is 6.10 Å². The Hall–Kier alpha value is -1.39. The molecular formula is C15H14BrFO2. The highest BCUT2D eigenvalue weighted by molar-refractivity contribution is 9.10. The van der Waals surface area contributed by atoms with Crippen molar-refractivity contribution < 1.29 is 14.2 Å². The van der Waals surface area contributed by atoms with Gasteiger partial charge in [0, 0.05) is 10.9 Å². The van der Waals surface area contributed by atoms with E-state index in [9.17, 15) is 9.50 Å². The van der Waals surface area contributed by atoms with Crippen molar-refractivity contribution in [3.8, 4) is 5.75 Å². The van der Waals surface area contributed by atoms with Crippen molar-refractivity contribution in [2.75, 3.05) is 7.11 Å². The largest absolute Gasteiger partial charge is 0.497 e. The molecule has 19 heavy (non-hydrogen) atoms. The summed E-state index contributed by atoms with van der Waals surface area (Å²) in [6.45, 7) is 0. The van der Waals surface area contributed by atoms with Gasteiger partial charge in [-0.05, 0) is 35.4 Å². The Morgan fingerprint density at radius 2 is 2.05 bits per heavy atom. The molecule has 1 atom stereocenters. The first kappa shape index (κ1) is 14.0. The molecule has 2 aromatic carbocycles. The highest BCUT2D eigenvalue weighted by atomic mass is 79.9. The van der Waals surface area contributed by atoms with Crippen molar-refractivity contribution in [3.63, 3.8) is 0 Å². The van der Waals surface area contributed by atoms with Crippen molar-refractivity contribution in [3.05, 3.63) is 63.9 Å². The first-order valence-corrected chi connectivity index (χ1v) is 6.65. The number of benzene rings is 2. The van der Waals surface area contributed by atoms with Crippen molar-refractivity contribution >= 4 is 15.9 Å². The summed E-state index contributed by atoms with van der Waals surface area (Å²) < 4.78 is 18.7. The zero-order valence-corrected chi connectivity index (χ0v) is 12.0. The average molecular weight is 325 g/mol. The molecule has 0 bridgehead atoms. The maximum atomic E-state index is 13.0. The van der Waals surface area contributed by atoms with Crippen LogP contribution >= 0.6 is 15.9 Å². The second-order valence-electron chi connectivity index (χ2n) is 4.24. The molecule has 0 fully saturated rings. The fourth-order valence-corrected chi connectivity index (χ4v) is 2.52. The van der Waals surface area contributed by atoms with Crippen LogP contribution < -0.4 is 4.74 Å². The van der Waals surface area contributed by atoms with Crippen LogP contribution in [0.15, 0.2) is 46.9 Å². The minimum atomic E-state index is -0.693. The van der Waals surface area contributed by atoms with Crippen LogP contribution in [0.25, 0.3) is 0 Å². The predicted octanol–water partition coefficient (Wildman–Crippen LogP) is 3.87. The molecule has 0 aromatic heterocycles. The van der Waals surface area contributed by atoms with Crippen molar-refractivity contribution in [1.29, 1.82) is 0 Å². The molecule has 2 nitrogen and oxygen atoms in total. The summed E-state index contributed by atoms with van der Waals surface area (Å²) in [5, 5.41) is 10.2. The van der Waals surface area contributed by atoms with Gasteiger partial charge in [0.25, 0.3) is 0 Å². The van der Waals surface area contributed by atoms with Gasteiger partial charge in [0.15, 0.2) is 0 Å². The van der Waals surface area contributed by atoms with Gasteiger partial charge < -0.3 is 9.84 Å². The van der Waals surface area contributed by atoms with Gasteiger partial charge >= 0.3 is 0 Å². The minimum absolute atomic E-state index is 0.329. The maximum Gasteiger partial charge on any atom is 0.124 e. The zero-order chi connectivity index (χ0) is 13.8. The Kier molecular flexibility index (Phi) is 4.56. The fraction of sp³-hybridized carbons (Fsp3) is 0.200. The minimum Gasteiger partial charge on any atom is -0.497 e. The molecule has 0 saturated carbocycles. The molecule has 0 radical (unpaired) electrons. The second-order valence-corrected chi connectivity index (χ2v) is 5.09. The standard InChI is InChI=1S/C15H14BrFO2/c1-19-12-4-2-3-10(7-12)8-15(18)13-6-5-11(17)9-14(13)16/h2-7,9,15,18H,8H2,1H3. The number of rotatable bonds is 4. The van der Waals surface area contributed by atoms with Crippen LogP contribution in [0, 0.1) is 5.82 Å².